The van der Waals surface area contributed by atoms with Gasteiger partial charge in [-0.05, 0) is 73.8 Å². The predicted molar refractivity (Wildman–Crippen MR) is 130 cm³/mol. The van der Waals surface area contributed by atoms with Crippen LogP contribution in [0, 0.1) is 6.92 Å². The third-order valence-electron chi connectivity index (χ3n) is 6.18. The average molecular weight is 442 g/mol. The lowest BCUT2D eigenvalue weighted by molar-refractivity contribution is 0.0698. The van der Waals surface area contributed by atoms with E-state index in [1.54, 1.807) is 6.07 Å². The molecule has 1 saturated heterocycles. The van der Waals surface area contributed by atoms with Crippen molar-refractivity contribution in [2.45, 2.75) is 19.8 Å². The molecule has 0 aliphatic carbocycles. The Bertz CT molecular complexity index is 1270. The molecule has 6 heteroatoms. The van der Waals surface area contributed by atoms with Crippen molar-refractivity contribution in [1.29, 1.82) is 0 Å². The molecule has 0 amide bonds. The van der Waals surface area contributed by atoms with Gasteiger partial charge in [0.1, 0.15) is 23.7 Å². The number of aromatic carboxylic acids is 1. The first-order valence-corrected chi connectivity index (χ1v) is 11.4. The van der Waals surface area contributed by atoms with Gasteiger partial charge in [0.05, 0.1) is 11.1 Å². The molecule has 33 heavy (non-hydrogen) atoms. The number of carboxylic acid groups (broad SMARTS) is 1. The fraction of sp³-hybridized carbons (Fsp3) is 0.259. The van der Waals surface area contributed by atoms with Gasteiger partial charge in [-0.2, -0.15) is 0 Å². The summed E-state index contributed by atoms with van der Waals surface area (Å²) in [5.74, 6) is 0.577. The number of aromatic nitrogens is 2. The second-order valence-corrected chi connectivity index (χ2v) is 8.60. The van der Waals surface area contributed by atoms with E-state index in [2.05, 4.69) is 39.1 Å². The zero-order chi connectivity index (χ0) is 22.8. The summed E-state index contributed by atoms with van der Waals surface area (Å²) in [5.41, 5.74) is 5.42. The maximum Gasteiger partial charge on any atom is 0.337 e. The van der Waals surface area contributed by atoms with Crippen molar-refractivity contribution in [3.63, 3.8) is 0 Å². The van der Waals surface area contributed by atoms with Crippen LogP contribution in [0.3, 0.4) is 0 Å². The number of aryl methyl sites for hydroxylation is 1. The van der Waals surface area contributed by atoms with Gasteiger partial charge < -0.3 is 14.8 Å². The molecule has 2 heterocycles. The number of nitrogens with zero attached hydrogens (tertiary/aromatic N) is 2. The van der Waals surface area contributed by atoms with Gasteiger partial charge in [0.2, 0.25) is 0 Å². The number of hydrogen-bond acceptors (Lipinski definition) is 4. The van der Waals surface area contributed by atoms with Crippen LogP contribution in [0.15, 0.2) is 60.7 Å². The molecule has 1 aromatic heterocycles. The molecule has 4 aromatic rings. The topological polar surface area (TPSA) is 78.5 Å². The summed E-state index contributed by atoms with van der Waals surface area (Å²) in [6, 6.07) is 19.8. The van der Waals surface area contributed by atoms with E-state index in [4.69, 9.17) is 4.74 Å². The molecule has 1 fully saturated rings. The van der Waals surface area contributed by atoms with Crippen molar-refractivity contribution in [2.75, 3.05) is 26.2 Å². The van der Waals surface area contributed by atoms with Crippen LogP contribution < -0.4 is 4.74 Å². The first-order valence-electron chi connectivity index (χ1n) is 11.4. The quantitative estimate of drug-likeness (QED) is 0.403. The van der Waals surface area contributed by atoms with Gasteiger partial charge in [-0.25, -0.2) is 9.78 Å². The molecule has 2 N–H and O–H groups in total. The molecule has 0 unspecified atom stereocenters. The van der Waals surface area contributed by atoms with Crippen molar-refractivity contribution in [3.05, 3.63) is 71.8 Å². The minimum Gasteiger partial charge on any atom is -0.492 e. The maximum atomic E-state index is 11.6. The molecule has 0 bridgehead atoms. The van der Waals surface area contributed by atoms with Gasteiger partial charge in [-0.15, -0.1) is 0 Å². The Labute approximate surface area is 192 Å². The van der Waals surface area contributed by atoms with Gasteiger partial charge in [-0.3, -0.25) is 4.90 Å². The van der Waals surface area contributed by atoms with Crippen molar-refractivity contribution in [1.82, 2.24) is 14.9 Å². The van der Waals surface area contributed by atoms with Crippen molar-refractivity contribution < 1.29 is 14.6 Å². The van der Waals surface area contributed by atoms with Crippen LogP contribution in [0.25, 0.3) is 33.5 Å². The molecule has 1 aliphatic rings. The number of imidazole rings is 1. The number of H-pyrrole nitrogens is 1. The smallest absolute Gasteiger partial charge is 0.337 e. The molecule has 0 atom stereocenters. The molecular formula is C27H27N3O3. The minimum atomic E-state index is -0.972. The number of ether oxygens (including phenoxy) is 1. The number of nitrogens with one attached hydrogen (secondary N) is 1. The Hall–Kier alpha value is -3.64. The van der Waals surface area contributed by atoms with Crippen molar-refractivity contribution in [2.24, 2.45) is 0 Å². The number of hydrogen-bond donors (Lipinski definition) is 2. The van der Waals surface area contributed by atoms with Crippen LogP contribution in [0.5, 0.6) is 5.75 Å². The minimum absolute atomic E-state index is 0.215. The highest BCUT2D eigenvalue weighted by Gasteiger charge is 2.15. The summed E-state index contributed by atoms with van der Waals surface area (Å²) in [7, 11) is 0. The SMILES string of the molecule is Cc1cc(C(=O)O)c2nc(-c3ccc(-c4ccc(OCCN5CCCC5)cc4)cc3)[nH]c2c1. The number of rotatable bonds is 7. The standard InChI is InChI=1S/C27H27N3O3/c1-18-16-23(27(31)32)25-24(17-18)28-26(29-25)21-6-4-19(5-7-21)20-8-10-22(11-9-20)33-15-14-30-12-2-3-13-30/h4-11,16-17H,2-3,12-15H2,1H3,(H,28,29)(H,31,32). The number of carboxylic acids is 1. The Morgan fingerprint density at radius 3 is 2.30 bits per heavy atom. The van der Waals surface area contributed by atoms with E-state index < -0.39 is 5.97 Å². The maximum absolute atomic E-state index is 11.6. The molecule has 1 aliphatic heterocycles. The third-order valence-corrected chi connectivity index (χ3v) is 6.18. The van der Waals surface area contributed by atoms with Gasteiger partial charge >= 0.3 is 5.97 Å². The van der Waals surface area contributed by atoms with E-state index in [0.717, 1.165) is 40.1 Å². The molecule has 0 radical (unpaired) electrons. The van der Waals surface area contributed by atoms with Gasteiger partial charge in [0.15, 0.2) is 0 Å². The van der Waals surface area contributed by atoms with E-state index in [-0.39, 0.29) is 5.56 Å². The molecule has 3 aromatic carbocycles. The lowest BCUT2D eigenvalue weighted by atomic mass is 10.0. The first kappa shape index (κ1) is 21.2. The highest BCUT2D eigenvalue weighted by molar-refractivity contribution is 6.02. The Morgan fingerprint density at radius 1 is 1.00 bits per heavy atom. The summed E-state index contributed by atoms with van der Waals surface area (Å²) in [6.07, 6.45) is 2.60. The number of fused-ring (bicyclic) bond motifs is 1. The summed E-state index contributed by atoms with van der Waals surface area (Å²) in [5, 5.41) is 9.50. The number of likely N-dealkylation sites (tertiary alicyclic amines) is 1. The summed E-state index contributed by atoms with van der Waals surface area (Å²) in [6.45, 7) is 5.96. The molecule has 6 nitrogen and oxygen atoms in total. The highest BCUT2D eigenvalue weighted by atomic mass is 16.5. The predicted octanol–water partition coefficient (Wildman–Crippen LogP) is 5.38. The largest absolute Gasteiger partial charge is 0.492 e. The fourth-order valence-corrected chi connectivity index (χ4v) is 4.42. The molecular weight excluding hydrogens is 414 g/mol. The third kappa shape index (κ3) is 4.61. The van der Waals surface area contributed by atoms with Crippen LogP contribution >= 0.6 is 0 Å². The highest BCUT2D eigenvalue weighted by Crippen LogP contribution is 2.28. The summed E-state index contributed by atoms with van der Waals surface area (Å²) in [4.78, 5) is 21.9. The Kier molecular flexibility index (Phi) is 5.84. The Morgan fingerprint density at radius 2 is 1.64 bits per heavy atom. The van der Waals surface area contributed by atoms with Gasteiger partial charge in [0, 0.05) is 12.1 Å². The number of aromatic amines is 1. The van der Waals surface area contributed by atoms with Gasteiger partial charge in [-0.1, -0.05) is 36.4 Å². The van der Waals surface area contributed by atoms with E-state index in [0.29, 0.717) is 17.9 Å². The first-order chi connectivity index (χ1) is 16.1. The zero-order valence-electron chi connectivity index (χ0n) is 18.7. The molecule has 0 saturated carbocycles. The Balaban J connectivity index is 1.29. The average Bonchev–Trinajstić information content (AvgIpc) is 3.49. The molecule has 0 spiro atoms. The normalized spacial score (nSPS) is 14.1. The molecule has 5 rings (SSSR count). The molecule has 168 valence electrons. The second-order valence-electron chi connectivity index (χ2n) is 8.60. The van der Waals surface area contributed by atoms with Crippen LogP contribution in [-0.4, -0.2) is 52.2 Å². The summed E-state index contributed by atoms with van der Waals surface area (Å²) < 4.78 is 5.90. The van der Waals surface area contributed by atoms with E-state index in [9.17, 15) is 9.90 Å². The zero-order valence-corrected chi connectivity index (χ0v) is 18.7. The lowest BCUT2D eigenvalue weighted by Gasteiger charge is -2.15. The fourth-order valence-electron chi connectivity index (χ4n) is 4.42. The monoisotopic (exact) mass is 441 g/mol. The van der Waals surface area contributed by atoms with Gasteiger partial charge in [0.25, 0.3) is 0 Å². The van der Waals surface area contributed by atoms with E-state index >= 15 is 0 Å². The number of carbonyl (C=O) groups is 1. The van der Waals surface area contributed by atoms with Crippen LogP contribution in [0.4, 0.5) is 0 Å². The van der Waals surface area contributed by atoms with Crippen molar-refractivity contribution >= 4 is 17.0 Å². The van der Waals surface area contributed by atoms with Crippen molar-refractivity contribution in [3.8, 4) is 28.3 Å². The summed E-state index contributed by atoms with van der Waals surface area (Å²) >= 11 is 0. The van der Waals surface area contributed by atoms with E-state index in [1.807, 2.05) is 37.3 Å². The van der Waals surface area contributed by atoms with E-state index in [1.165, 1.54) is 25.9 Å². The van der Waals surface area contributed by atoms with Crippen LogP contribution in [-0.2, 0) is 0 Å². The second kappa shape index (κ2) is 9.08. The lowest BCUT2D eigenvalue weighted by Crippen LogP contribution is -2.25. The number of benzene rings is 3. The van der Waals surface area contributed by atoms with Crippen LogP contribution in [0.2, 0.25) is 0 Å². The van der Waals surface area contributed by atoms with Crippen LogP contribution in [0.1, 0.15) is 28.8 Å².